The second-order valence-electron chi connectivity index (χ2n) is 7.86. The highest BCUT2D eigenvalue weighted by molar-refractivity contribution is 7.92. The number of anilines is 1. The van der Waals surface area contributed by atoms with Gasteiger partial charge in [0.1, 0.15) is 4.88 Å². The third kappa shape index (κ3) is 4.95. The van der Waals surface area contributed by atoms with Crippen LogP contribution in [0.5, 0.6) is 0 Å². The van der Waals surface area contributed by atoms with Gasteiger partial charge in [-0.3, -0.25) is 4.72 Å². The van der Waals surface area contributed by atoms with Crippen molar-refractivity contribution in [2.75, 3.05) is 4.72 Å². The predicted molar refractivity (Wildman–Crippen MR) is 127 cm³/mol. The van der Waals surface area contributed by atoms with E-state index in [1.807, 2.05) is 44.2 Å². The number of hydrogen-bond acceptors (Lipinski definition) is 4. The number of rotatable bonds is 7. The van der Waals surface area contributed by atoms with E-state index in [2.05, 4.69) is 4.72 Å². The first-order valence-corrected chi connectivity index (χ1v) is 12.4. The smallest absolute Gasteiger partial charge is 0.348 e. The molecule has 0 amide bonds. The van der Waals surface area contributed by atoms with Crippen molar-refractivity contribution < 1.29 is 18.3 Å². The summed E-state index contributed by atoms with van der Waals surface area (Å²) >= 11 is 7.21. The number of sulfonamides is 1. The van der Waals surface area contributed by atoms with Gasteiger partial charge in [-0.05, 0) is 60.6 Å². The van der Waals surface area contributed by atoms with E-state index in [0.717, 1.165) is 21.8 Å². The van der Waals surface area contributed by atoms with Crippen molar-refractivity contribution in [2.45, 2.75) is 39.0 Å². The van der Waals surface area contributed by atoms with Gasteiger partial charge in [0.25, 0.3) is 10.0 Å². The summed E-state index contributed by atoms with van der Waals surface area (Å²) in [5.74, 6) is -0.972. The van der Waals surface area contributed by atoms with E-state index in [0.29, 0.717) is 28.1 Å². The average molecular weight is 478 g/mol. The molecule has 0 aliphatic carbocycles. The lowest BCUT2D eigenvalue weighted by molar-refractivity contribution is 0.0703. The number of carboxylic acid groups (broad SMARTS) is 1. The van der Waals surface area contributed by atoms with Crippen molar-refractivity contribution in [1.82, 2.24) is 0 Å². The minimum absolute atomic E-state index is 0.0265. The van der Waals surface area contributed by atoms with E-state index in [1.54, 1.807) is 19.9 Å². The van der Waals surface area contributed by atoms with Crippen LogP contribution in [0, 0.1) is 19.8 Å². The molecule has 0 spiro atoms. The van der Waals surface area contributed by atoms with Crippen LogP contribution in [-0.4, -0.2) is 19.5 Å². The zero-order chi connectivity index (χ0) is 22.9. The second kappa shape index (κ2) is 9.02. The molecule has 0 bridgehead atoms. The van der Waals surface area contributed by atoms with Gasteiger partial charge < -0.3 is 5.11 Å². The molecule has 0 saturated carbocycles. The number of aromatic carboxylic acids is 1. The van der Waals surface area contributed by atoms with E-state index >= 15 is 0 Å². The molecule has 2 N–H and O–H groups in total. The van der Waals surface area contributed by atoms with Crippen molar-refractivity contribution in [2.24, 2.45) is 5.92 Å². The van der Waals surface area contributed by atoms with E-state index in [1.165, 1.54) is 6.07 Å². The lowest BCUT2D eigenvalue weighted by atomic mass is 9.99. The Morgan fingerprint density at radius 1 is 1.13 bits per heavy atom. The highest BCUT2D eigenvalue weighted by Crippen LogP contribution is 2.42. The van der Waals surface area contributed by atoms with E-state index in [9.17, 15) is 18.3 Å². The first-order chi connectivity index (χ1) is 14.5. The molecule has 0 aliphatic rings. The summed E-state index contributed by atoms with van der Waals surface area (Å²) in [4.78, 5) is 12.9. The normalized spacial score (nSPS) is 11.7. The van der Waals surface area contributed by atoms with Gasteiger partial charge in [-0.2, -0.15) is 0 Å². The van der Waals surface area contributed by atoms with Gasteiger partial charge >= 0.3 is 5.97 Å². The number of aryl methyl sites for hydroxylation is 2. The quantitative estimate of drug-likeness (QED) is 0.413. The number of thiophene rings is 1. The SMILES string of the molecule is Cc1cc(S(=O)(=O)Nc2c(C(=O)O)sc(-c3ccccc3)c2CC(C)C)c(C)cc1Cl. The molecule has 2 aromatic carbocycles. The predicted octanol–water partition coefficient (Wildman–Crippen LogP) is 6.38. The minimum Gasteiger partial charge on any atom is -0.477 e. The van der Waals surface area contributed by atoms with Gasteiger partial charge in [-0.1, -0.05) is 55.8 Å². The first kappa shape index (κ1) is 23.3. The number of carboxylic acids is 1. The Balaban J connectivity index is 2.21. The Bertz CT molecular complexity index is 1230. The fraction of sp³-hybridized carbons (Fsp3) is 0.261. The Morgan fingerprint density at radius 3 is 2.35 bits per heavy atom. The molecule has 31 heavy (non-hydrogen) atoms. The van der Waals surface area contributed by atoms with Gasteiger partial charge in [-0.25, -0.2) is 13.2 Å². The highest BCUT2D eigenvalue weighted by atomic mass is 35.5. The minimum atomic E-state index is -4.03. The Hall–Kier alpha value is -2.35. The third-order valence-electron chi connectivity index (χ3n) is 4.83. The molecule has 3 aromatic rings. The van der Waals surface area contributed by atoms with Crippen LogP contribution >= 0.6 is 22.9 Å². The summed E-state index contributed by atoms with van der Waals surface area (Å²) in [5, 5.41) is 10.3. The Labute approximate surface area is 191 Å². The van der Waals surface area contributed by atoms with Crippen LogP contribution in [-0.2, 0) is 16.4 Å². The monoisotopic (exact) mass is 477 g/mol. The van der Waals surface area contributed by atoms with Crippen molar-refractivity contribution in [3.63, 3.8) is 0 Å². The molecule has 0 saturated heterocycles. The van der Waals surface area contributed by atoms with Gasteiger partial charge in [0.05, 0.1) is 10.6 Å². The third-order valence-corrected chi connectivity index (χ3v) is 8.00. The molecule has 1 aromatic heterocycles. The lowest BCUT2D eigenvalue weighted by Gasteiger charge is -2.15. The maximum absolute atomic E-state index is 13.3. The van der Waals surface area contributed by atoms with Crippen molar-refractivity contribution >= 4 is 44.6 Å². The van der Waals surface area contributed by atoms with Crippen LogP contribution in [0.15, 0.2) is 47.4 Å². The van der Waals surface area contributed by atoms with E-state index in [4.69, 9.17) is 11.6 Å². The molecular weight excluding hydrogens is 454 g/mol. The lowest BCUT2D eigenvalue weighted by Crippen LogP contribution is -2.17. The molecule has 0 fully saturated rings. The van der Waals surface area contributed by atoms with Gasteiger partial charge in [0.15, 0.2) is 0 Å². The molecule has 5 nitrogen and oxygen atoms in total. The molecular formula is C23H24ClNO4S2. The van der Waals surface area contributed by atoms with Crippen LogP contribution in [0.4, 0.5) is 5.69 Å². The van der Waals surface area contributed by atoms with Gasteiger partial charge in [-0.15, -0.1) is 11.3 Å². The number of hydrogen-bond donors (Lipinski definition) is 2. The molecule has 0 atom stereocenters. The number of carbonyl (C=O) groups is 1. The first-order valence-electron chi connectivity index (χ1n) is 9.75. The fourth-order valence-electron chi connectivity index (χ4n) is 3.38. The maximum Gasteiger partial charge on any atom is 0.348 e. The highest BCUT2D eigenvalue weighted by Gasteiger charge is 2.28. The summed E-state index contributed by atoms with van der Waals surface area (Å²) in [6.45, 7) is 7.41. The summed E-state index contributed by atoms with van der Waals surface area (Å²) in [6, 6.07) is 12.5. The zero-order valence-electron chi connectivity index (χ0n) is 17.7. The Kier molecular flexibility index (Phi) is 6.79. The molecule has 0 aliphatic heterocycles. The van der Waals surface area contributed by atoms with Crippen LogP contribution in [0.1, 0.15) is 40.2 Å². The molecule has 164 valence electrons. The number of halogens is 1. The van der Waals surface area contributed by atoms with Crippen molar-refractivity contribution in [3.05, 3.63) is 69.1 Å². The van der Waals surface area contributed by atoms with Crippen LogP contribution < -0.4 is 4.72 Å². The van der Waals surface area contributed by atoms with Crippen LogP contribution in [0.3, 0.4) is 0 Å². The van der Waals surface area contributed by atoms with Crippen molar-refractivity contribution in [1.29, 1.82) is 0 Å². The summed E-state index contributed by atoms with van der Waals surface area (Å²) in [5.41, 5.74) is 2.80. The van der Waals surface area contributed by atoms with Crippen LogP contribution in [0.2, 0.25) is 5.02 Å². The Morgan fingerprint density at radius 2 is 1.77 bits per heavy atom. The van der Waals surface area contributed by atoms with Crippen molar-refractivity contribution in [3.8, 4) is 10.4 Å². The standard InChI is InChI=1S/C23H24ClNO4S2/c1-13(2)10-17-20(22(23(26)27)30-21(17)16-8-6-5-7-9-16)25-31(28,29)19-12-14(3)18(24)11-15(19)4/h5-9,11-13,25H,10H2,1-4H3,(H,26,27). The average Bonchev–Trinajstić information content (AvgIpc) is 3.02. The summed E-state index contributed by atoms with van der Waals surface area (Å²) in [7, 11) is -4.03. The zero-order valence-corrected chi connectivity index (χ0v) is 20.1. The molecule has 0 radical (unpaired) electrons. The second-order valence-corrected chi connectivity index (χ2v) is 10.9. The molecule has 0 unspecified atom stereocenters. The maximum atomic E-state index is 13.3. The van der Waals surface area contributed by atoms with E-state index < -0.39 is 16.0 Å². The number of benzene rings is 2. The molecule has 3 rings (SSSR count). The largest absolute Gasteiger partial charge is 0.477 e. The van der Waals surface area contributed by atoms with Gasteiger partial charge in [0, 0.05) is 9.90 Å². The molecule has 8 heteroatoms. The van der Waals surface area contributed by atoms with Gasteiger partial charge in [0.2, 0.25) is 0 Å². The van der Waals surface area contributed by atoms with Crippen LogP contribution in [0.25, 0.3) is 10.4 Å². The number of nitrogens with one attached hydrogen (secondary N) is 1. The van der Waals surface area contributed by atoms with E-state index in [-0.39, 0.29) is 21.4 Å². The molecule has 1 heterocycles. The summed E-state index contributed by atoms with van der Waals surface area (Å²) in [6.07, 6.45) is 0.532. The topological polar surface area (TPSA) is 83.5 Å². The summed E-state index contributed by atoms with van der Waals surface area (Å²) < 4.78 is 29.2. The fourth-order valence-corrected chi connectivity index (χ4v) is 6.21.